The number of hydrogen-bond donors (Lipinski definition) is 1. The maximum Gasteiger partial charge on any atom is 0.254 e. The Morgan fingerprint density at radius 1 is 1.08 bits per heavy atom. The van der Waals surface area contributed by atoms with Crippen LogP contribution >= 0.6 is 0 Å². The largest absolute Gasteiger partial charge is 0.457 e. The third-order valence-corrected chi connectivity index (χ3v) is 3.71. The molecule has 2 heterocycles. The second-order valence-corrected chi connectivity index (χ2v) is 5.65. The highest BCUT2D eigenvalue weighted by molar-refractivity contribution is 5.59. The summed E-state index contributed by atoms with van der Waals surface area (Å²) in [5, 5.41) is 16.4. The molecular weight excluding hydrogens is 328 g/mol. The molecule has 0 aliphatic heterocycles. The van der Waals surface area contributed by atoms with Gasteiger partial charge in [0, 0.05) is 17.4 Å². The number of aromatic nitrogens is 4. The van der Waals surface area contributed by atoms with E-state index in [1.54, 1.807) is 22.7 Å². The standard InChI is InChI=1S/C19H14N6O/c1-13-9-18(25-19(23-13)21-12-22-25)24-15-5-7-16(8-6-15)26-17-4-2-3-14(10-17)11-20/h2-10,12,24H,1H3. The van der Waals surface area contributed by atoms with Crippen molar-refractivity contribution in [1.82, 2.24) is 19.6 Å². The zero-order valence-corrected chi connectivity index (χ0v) is 13.9. The summed E-state index contributed by atoms with van der Waals surface area (Å²) >= 11 is 0. The van der Waals surface area contributed by atoms with E-state index < -0.39 is 0 Å². The summed E-state index contributed by atoms with van der Waals surface area (Å²) in [4.78, 5) is 8.43. The lowest BCUT2D eigenvalue weighted by Gasteiger charge is -2.10. The SMILES string of the molecule is Cc1cc(Nc2ccc(Oc3cccc(C#N)c3)cc2)n2ncnc2n1. The monoisotopic (exact) mass is 342 g/mol. The van der Waals surface area contributed by atoms with Crippen LogP contribution in [-0.2, 0) is 0 Å². The van der Waals surface area contributed by atoms with E-state index >= 15 is 0 Å². The molecule has 0 fully saturated rings. The average molecular weight is 342 g/mol. The quantitative estimate of drug-likeness (QED) is 0.606. The zero-order valence-electron chi connectivity index (χ0n) is 13.9. The average Bonchev–Trinajstić information content (AvgIpc) is 3.12. The third-order valence-electron chi connectivity index (χ3n) is 3.71. The van der Waals surface area contributed by atoms with E-state index in [-0.39, 0.29) is 0 Å². The molecule has 4 aromatic rings. The minimum absolute atomic E-state index is 0.546. The van der Waals surface area contributed by atoms with Gasteiger partial charge in [0.1, 0.15) is 23.6 Å². The summed E-state index contributed by atoms with van der Waals surface area (Å²) < 4.78 is 7.43. The van der Waals surface area contributed by atoms with Gasteiger partial charge in [-0.25, -0.2) is 4.98 Å². The molecule has 0 saturated carbocycles. The minimum atomic E-state index is 0.546. The van der Waals surface area contributed by atoms with Crippen LogP contribution in [0.3, 0.4) is 0 Å². The van der Waals surface area contributed by atoms with Crippen molar-refractivity contribution in [3.63, 3.8) is 0 Å². The molecule has 1 N–H and O–H groups in total. The summed E-state index contributed by atoms with van der Waals surface area (Å²) in [7, 11) is 0. The number of aryl methyl sites for hydroxylation is 1. The first kappa shape index (κ1) is 15.6. The van der Waals surface area contributed by atoms with E-state index in [0.717, 1.165) is 17.2 Å². The molecule has 0 saturated heterocycles. The number of benzene rings is 2. The maximum absolute atomic E-state index is 8.95. The van der Waals surface area contributed by atoms with Crippen molar-refractivity contribution in [2.45, 2.75) is 6.92 Å². The van der Waals surface area contributed by atoms with Crippen molar-refractivity contribution in [3.8, 4) is 17.6 Å². The first-order valence-electron chi connectivity index (χ1n) is 7.94. The second kappa shape index (κ2) is 6.53. The molecule has 0 aliphatic rings. The number of nitrogens with zero attached hydrogens (tertiary/aromatic N) is 5. The van der Waals surface area contributed by atoms with E-state index in [4.69, 9.17) is 10.00 Å². The van der Waals surface area contributed by atoms with Crippen LogP contribution in [0.25, 0.3) is 5.78 Å². The molecule has 0 atom stereocenters. The number of rotatable bonds is 4. The van der Waals surface area contributed by atoms with Crippen LogP contribution in [0.5, 0.6) is 11.5 Å². The lowest BCUT2D eigenvalue weighted by molar-refractivity contribution is 0.482. The van der Waals surface area contributed by atoms with Crippen LogP contribution in [0.4, 0.5) is 11.5 Å². The van der Waals surface area contributed by atoms with Crippen LogP contribution < -0.4 is 10.1 Å². The van der Waals surface area contributed by atoms with E-state index in [2.05, 4.69) is 26.5 Å². The zero-order chi connectivity index (χ0) is 17.9. The fourth-order valence-electron chi connectivity index (χ4n) is 2.54. The Kier molecular flexibility index (Phi) is 3.92. The van der Waals surface area contributed by atoms with Gasteiger partial charge in [-0.1, -0.05) is 6.07 Å². The van der Waals surface area contributed by atoms with Crippen molar-refractivity contribution in [2.24, 2.45) is 0 Å². The summed E-state index contributed by atoms with van der Waals surface area (Å²) in [6, 6.07) is 18.6. The molecule has 7 heteroatoms. The van der Waals surface area contributed by atoms with Crippen molar-refractivity contribution >= 4 is 17.3 Å². The number of hydrogen-bond acceptors (Lipinski definition) is 6. The van der Waals surface area contributed by atoms with Crippen LogP contribution in [0.2, 0.25) is 0 Å². The Bertz CT molecular complexity index is 1110. The molecule has 126 valence electrons. The summed E-state index contributed by atoms with van der Waals surface area (Å²) in [5.41, 5.74) is 2.29. The van der Waals surface area contributed by atoms with Crippen LogP contribution in [0, 0.1) is 18.3 Å². The predicted molar refractivity (Wildman–Crippen MR) is 96.5 cm³/mol. The molecule has 0 bridgehead atoms. The summed E-state index contributed by atoms with van der Waals surface area (Å²) in [6.45, 7) is 1.91. The molecule has 7 nitrogen and oxygen atoms in total. The highest BCUT2D eigenvalue weighted by Crippen LogP contribution is 2.25. The van der Waals surface area contributed by atoms with Crippen molar-refractivity contribution in [1.29, 1.82) is 5.26 Å². The van der Waals surface area contributed by atoms with E-state index in [1.165, 1.54) is 6.33 Å². The highest BCUT2D eigenvalue weighted by Gasteiger charge is 2.06. The smallest absolute Gasteiger partial charge is 0.254 e. The fourth-order valence-corrected chi connectivity index (χ4v) is 2.54. The van der Waals surface area contributed by atoms with Gasteiger partial charge < -0.3 is 10.1 Å². The minimum Gasteiger partial charge on any atom is -0.457 e. The Balaban J connectivity index is 1.54. The van der Waals surface area contributed by atoms with Gasteiger partial charge in [-0.15, -0.1) is 0 Å². The van der Waals surface area contributed by atoms with Gasteiger partial charge in [0.15, 0.2) is 0 Å². The number of fused-ring (bicyclic) bond motifs is 1. The van der Waals surface area contributed by atoms with Crippen LogP contribution in [-0.4, -0.2) is 19.6 Å². The molecule has 0 spiro atoms. The number of ether oxygens (including phenoxy) is 1. The molecule has 0 unspecified atom stereocenters. The van der Waals surface area contributed by atoms with Crippen LogP contribution in [0.15, 0.2) is 60.9 Å². The Labute approximate surface area is 149 Å². The Hall–Kier alpha value is -3.92. The normalized spacial score (nSPS) is 10.5. The van der Waals surface area contributed by atoms with Gasteiger partial charge in [0.25, 0.3) is 5.78 Å². The molecule has 0 aliphatic carbocycles. The Morgan fingerprint density at radius 2 is 1.92 bits per heavy atom. The van der Waals surface area contributed by atoms with Gasteiger partial charge in [0.2, 0.25) is 0 Å². The van der Waals surface area contributed by atoms with E-state index in [9.17, 15) is 0 Å². The summed E-state index contributed by atoms with van der Waals surface area (Å²) in [6.07, 6.45) is 1.47. The topological polar surface area (TPSA) is 88.1 Å². The Morgan fingerprint density at radius 3 is 2.73 bits per heavy atom. The lowest BCUT2D eigenvalue weighted by Crippen LogP contribution is -2.02. The van der Waals surface area contributed by atoms with Crippen molar-refractivity contribution < 1.29 is 4.74 Å². The lowest BCUT2D eigenvalue weighted by atomic mass is 10.2. The number of nitrogens with one attached hydrogen (secondary N) is 1. The van der Waals surface area contributed by atoms with E-state index in [1.807, 2.05) is 43.3 Å². The first-order chi connectivity index (χ1) is 12.7. The maximum atomic E-state index is 8.95. The van der Waals surface area contributed by atoms with Gasteiger partial charge >= 0.3 is 0 Å². The second-order valence-electron chi connectivity index (χ2n) is 5.65. The predicted octanol–water partition coefficient (Wildman–Crippen LogP) is 3.84. The molecule has 0 amide bonds. The molecule has 2 aromatic carbocycles. The van der Waals surface area contributed by atoms with Gasteiger partial charge in [-0.2, -0.15) is 19.9 Å². The first-order valence-corrected chi connectivity index (χ1v) is 7.94. The molecule has 26 heavy (non-hydrogen) atoms. The van der Waals surface area contributed by atoms with Gasteiger partial charge in [0.05, 0.1) is 11.6 Å². The number of nitriles is 1. The van der Waals surface area contributed by atoms with Gasteiger partial charge in [-0.3, -0.25) is 0 Å². The fraction of sp³-hybridized carbons (Fsp3) is 0.0526. The highest BCUT2D eigenvalue weighted by atomic mass is 16.5. The van der Waals surface area contributed by atoms with E-state index in [0.29, 0.717) is 22.8 Å². The molecule has 2 aromatic heterocycles. The summed E-state index contributed by atoms with van der Waals surface area (Å²) in [5.74, 6) is 2.63. The molecule has 0 radical (unpaired) electrons. The molecular formula is C19H14N6O. The van der Waals surface area contributed by atoms with Crippen LogP contribution in [0.1, 0.15) is 11.3 Å². The number of anilines is 2. The molecule has 4 rings (SSSR count). The van der Waals surface area contributed by atoms with Crippen molar-refractivity contribution in [2.75, 3.05) is 5.32 Å². The third kappa shape index (κ3) is 3.16. The van der Waals surface area contributed by atoms with Gasteiger partial charge in [-0.05, 0) is 49.4 Å². The van der Waals surface area contributed by atoms with Crippen molar-refractivity contribution in [3.05, 3.63) is 72.2 Å².